The predicted octanol–water partition coefficient (Wildman–Crippen LogP) is 3.72. The number of hydrogen-bond donors (Lipinski definition) is 0. The van der Waals surface area contributed by atoms with E-state index in [1.165, 1.54) is 4.68 Å². The number of Topliss-reactive ketones (excluding diaryl/α,β-unsaturated/α-hetero) is 1. The van der Waals surface area contributed by atoms with Gasteiger partial charge in [0.25, 0.3) is 0 Å². The molecule has 6 nitrogen and oxygen atoms in total. The minimum absolute atomic E-state index is 0. The molecule has 0 atom stereocenters. The van der Waals surface area contributed by atoms with Crippen molar-refractivity contribution in [1.29, 1.82) is 0 Å². The number of nitrogens with zero attached hydrogens (tertiary/aromatic N) is 2. The summed E-state index contributed by atoms with van der Waals surface area (Å²) >= 11 is 0. The van der Waals surface area contributed by atoms with Gasteiger partial charge < -0.3 is 9.47 Å². The average molecular weight is 472 g/mol. The topological polar surface area (TPSA) is 70.4 Å². The van der Waals surface area contributed by atoms with E-state index in [1.807, 2.05) is 57.8 Å². The minimum atomic E-state index is -0.504. The van der Waals surface area contributed by atoms with Crippen molar-refractivity contribution in [1.82, 2.24) is 9.78 Å². The van der Waals surface area contributed by atoms with Gasteiger partial charge in [-0.25, -0.2) is 4.79 Å². The molecule has 10 radical (unpaired) electrons. The Morgan fingerprint density at radius 1 is 0.938 bits per heavy atom. The van der Waals surface area contributed by atoms with Crippen LogP contribution in [0.2, 0.25) is 0 Å². The maximum absolute atomic E-state index is 12.6. The quantitative estimate of drug-likeness (QED) is 0.349. The number of benzene rings is 1. The number of ether oxygens (including phenoxy) is 2. The fraction of sp³-hybridized carbons (Fsp3) is 0.160. The zero-order chi connectivity index (χ0) is 22.1. The van der Waals surface area contributed by atoms with Crippen molar-refractivity contribution in [2.75, 3.05) is 13.7 Å². The van der Waals surface area contributed by atoms with E-state index in [-0.39, 0.29) is 41.7 Å². The first-order valence-electron chi connectivity index (χ1n) is 9.93. The Kier molecular flexibility index (Phi) is 11.0. The van der Waals surface area contributed by atoms with Gasteiger partial charge in [-0.05, 0) is 95.0 Å². The molecule has 0 amide bonds. The van der Waals surface area contributed by atoms with Gasteiger partial charge in [0.2, 0.25) is 0 Å². The number of hydrogen-bond acceptors (Lipinski definition) is 5. The molecule has 2 aromatic rings. The summed E-state index contributed by atoms with van der Waals surface area (Å²) in [5.41, 5.74) is 1.43. The maximum atomic E-state index is 12.6. The molecule has 2 aliphatic carbocycles. The van der Waals surface area contributed by atoms with Gasteiger partial charge in [0, 0.05) is 17.2 Å². The zero-order valence-electron chi connectivity index (χ0n) is 17.9. The van der Waals surface area contributed by atoms with E-state index in [4.69, 9.17) is 9.47 Å². The molecule has 0 spiro atoms. The van der Waals surface area contributed by atoms with E-state index >= 15 is 0 Å². The number of carbonyl (C=O) groups is 2. The normalized spacial score (nSPS) is 15.4. The van der Waals surface area contributed by atoms with Crippen LogP contribution in [0.4, 0.5) is 0 Å². The first kappa shape index (κ1) is 26.1. The Morgan fingerprint density at radius 3 is 2.06 bits per heavy atom. The van der Waals surface area contributed by atoms with Gasteiger partial charge in [-0.15, -0.1) is 0 Å². The second-order valence-electron chi connectivity index (χ2n) is 6.58. The molecule has 1 aromatic heterocycles. The molecular weight excluding hydrogens is 448 g/mol. The number of aromatic nitrogens is 2. The van der Waals surface area contributed by atoms with Crippen LogP contribution in [0, 0.1) is 63.7 Å². The van der Waals surface area contributed by atoms with Gasteiger partial charge in [-0.3, -0.25) is 9.48 Å². The van der Waals surface area contributed by atoms with Crippen LogP contribution in [0.15, 0.2) is 30.3 Å². The summed E-state index contributed by atoms with van der Waals surface area (Å²) < 4.78 is 11.7. The molecule has 1 heterocycles. The molecule has 164 valence electrons. The van der Waals surface area contributed by atoms with Gasteiger partial charge in [0.1, 0.15) is 12.3 Å². The summed E-state index contributed by atoms with van der Waals surface area (Å²) in [6.07, 6.45) is 17.6. The molecule has 32 heavy (non-hydrogen) atoms. The Bertz CT molecular complexity index is 846. The summed E-state index contributed by atoms with van der Waals surface area (Å²) in [5, 5.41) is 4.28. The van der Waals surface area contributed by atoms with E-state index in [0.29, 0.717) is 17.0 Å². The van der Waals surface area contributed by atoms with Crippen molar-refractivity contribution in [2.45, 2.75) is 13.5 Å². The van der Waals surface area contributed by atoms with Crippen molar-refractivity contribution in [2.24, 2.45) is 0 Å². The number of ketones is 1. The predicted molar refractivity (Wildman–Crippen MR) is 117 cm³/mol. The molecule has 1 aromatic carbocycles. The Labute approximate surface area is 201 Å². The molecule has 2 saturated carbocycles. The standard InChI is InChI=1S/C20H19N2O4.C5H5.Fe/c1-3-26-20(24)17-12-18(14-6-4-5-7-14)22(21-17)13-19(23)15-8-10-16(25-2)11-9-15;1-2-4-5-3-1;/h4-12H,3,13H2,1-2H3;1-5H;/q;;+2. The molecule has 0 saturated heterocycles. The van der Waals surface area contributed by atoms with Gasteiger partial charge in [0.15, 0.2) is 11.5 Å². The third kappa shape index (κ3) is 7.21. The van der Waals surface area contributed by atoms with Crippen molar-refractivity contribution in [3.05, 3.63) is 111 Å². The van der Waals surface area contributed by atoms with E-state index in [2.05, 4.69) is 5.10 Å². The van der Waals surface area contributed by atoms with E-state index < -0.39 is 5.97 Å². The van der Waals surface area contributed by atoms with Crippen LogP contribution < -0.4 is 4.74 Å². The fourth-order valence-corrected chi connectivity index (χ4v) is 2.94. The average Bonchev–Trinajstić information content (AvgIpc) is 3.57. The van der Waals surface area contributed by atoms with Crippen LogP contribution in [-0.2, 0) is 28.4 Å². The summed E-state index contributed by atoms with van der Waals surface area (Å²) in [6.45, 7) is 2.02. The summed E-state index contributed by atoms with van der Waals surface area (Å²) in [5.74, 6) is 0.952. The van der Waals surface area contributed by atoms with Crippen LogP contribution in [0.5, 0.6) is 5.75 Å². The maximum Gasteiger partial charge on any atom is 2.00 e. The number of esters is 1. The third-order valence-electron chi connectivity index (χ3n) is 4.48. The van der Waals surface area contributed by atoms with Gasteiger partial charge in [-0.1, -0.05) is 0 Å². The molecule has 7 heteroatoms. The van der Waals surface area contributed by atoms with E-state index in [1.54, 1.807) is 44.4 Å². The molecule has 0 unspecified atom stereocenters. The zero-order valence-corrected chi connectivity index (χ0v) is 19.0. The number of rotatable bonds is 7. The van der Waals surface area contributed by atoms with Crippen molar-refractivity contribution >= 4 is 11.8 Å². The Morgan fingerprint density at radius 2 is 1.53 bits per heavy atom. The van der Waals surface area contributed by atoms with Crippen molar-refractivity contribution in [3.63, 3.8) is 0 Å². The first-order chi connectivity index (χ1) is 15.1. The number of methoxy groups -OCH3 is 1. The van der Waals surface area contributed by atoms with Crippen LogP contribution in [0.1, 0.15) is 33.5 Å². The van der Waals surface area contributed by atoms with E-state index in [0.717, 1.165) is 5.92 Å². The summed E-state index contributed by atoms with van der Waals surface area (Å²) in [4.78, 5) is 24.6. The summed E-state index contributed by atoms with van der Waals surface area (Å²) in [7, 11) is 1.57. The van der Waals surface area contributed by atoms with Gasteiger partial charge in [-0.2, -0.15) is 5.10 Å². The molecule has 0 N–H and O–H groups in total. The van der Waals surface area contributed by atoms with Crippen molar-refractivity contribution < 1.29 is 36.1 Å². The third-order valence-corrected chi connectivity index (χ3v) is 4.48. The monoisotopic (exact) mass is 472 g/mol. The first-order valence-corrected chi connectivity index (χ1v) is 9.93. The number of carbonyl (C=O) groups excluding carboxylic acids is 2. The smallest absolute Gasteiger partial charge is 0.497 e. The Hall–Kier alpha value is -2.11. The molecule has 2 aliphatic rings. The van der Waals surface area contributed by atoms with Gasteiger partial charge >= 0.3 is 23.0 Å². The second-order valence-corrected chi connectivity index (χ2v) is 6.58. The van der Waals surface area contributed by atoms with Crippen LogP contribution in [0.25, 0.3) is 0 Å². The van der Waals surface area contributed by atoms with E-state index in [9.17, 15) is 9.59 Å². The molecular formula is C25H24FeN2O4+2. The second kappa shape index (κ2) is 13.4. The Balaban J connectivity index is 0.000000534. The summed E-state index contributed by atoms with van der Waals surface area (Å²) in [6, 6.07) is 8.53. The SMILES string of the molecule is CCOC(=O)c1cc([C]2[CH][CH][CH][CH]2)n(CC(=O)c2ccc(OC)cc2)n1.[CH]1[CH][CH][CH][CH]1.[Fe+2]. The minimum Gasteiger partial charge on any atom is -0.497 e. The largest absolute Gasteiger partial charge is 2.00 e. The van der Waals surface area contributed by atoms with Crippen LogP contribution >= 0.6 is 0 Å². The van der Waals surface area contributed by atoms with Crippen molar-refractivity contribution in [3.8, 4) is 5.75 Å². The molecule has 2 fully saturated rings. The van der Waals surface area contributed by atoms with Crippen LogP contribution in [-0.4, -0.2) is 35.2 Å². The molecule has 0 aliphatic heterocycles. The fourth-order valence-electron chi connectivity index (χ4n) is 2.94. The van der Waals surface area contributed by atoms with Crippen LogP contribution in [0.3, 0.4) is 0 Å². The molecule has 0 bridgehead atoms. The van der Waals surface area contributed by atoms with Gasteiger partial charge in [0.05, 0.1) is 13.7 Å². The molecule has 4 rings (SSSR count).